The minimum Gasteiger partial charge on any atom is -0.492 e. The Morgan fingerprint density at radius 2 is 1.77 bits per heavy atom. The first-order chi connectivity index (χ1) is 14.6. The number of carbonyl (C=O) groups excluding carboxylic acids is 1. The largest absolute Gasteiger partial charge is 0.492 e. The summed E-state index contributed by atoms with van der Waals surface area (Å²) < 4.78 is 18.9. The summed E-state index contributed by atoms with van der Waals surface area (Å²) in [4.78, 5) is 15.0. The van der Waals surface area contributed by atoms with Crippen molar-refractivity contribution in [3.63, 3.8) is 0 Å². The molecule has 0 fully saturated rings. The molecular weight excluding hydrogens is 379 g/mol. The van der Waals surface area contributed by atoms with Crippen LogP contribution < -0.4 is 10.1 Å². The molecule has 3 aromatic carbocycles. The Bertz CT molecular complexity index is 1020. The highest BCUT2D eigenvalue weighted by atomic mass is 19.1. The fraction of sp³-hybridized carbons (Fsp3) is 0.240. The van der Waals surface area contributed by atoms with Gasteiger partial charge in [-0.25, -0.2) is 4.39 Å². The van der Waals surface area contributed by atoms with Crippen molar-refractivity contribution in [1.82, 2.24) is 10.2 Å². The van der Waals surface area contributed by atoms with Gasteiger partial charge in [0.1, 0.15) is 18.2 Å². The molecule has 1 aliphatic rings. The smallest absolute Gasteiger partial charge is 0.251 e. The zero-order chi connectivity index (χ0) is 20.9. The van der Waals surface area contributed by atoms with Gasteiger partial charge in [-0.05, 0) is 48.4 Å². The number of hydrogen-bond donors (Lipinski definition) is 1. The lowest BCUT2D eigenvalue weighted by molar-refractivity contribution is 0.0950. The number of rotatable bonds is 5. The molecule has 30 heavy (non-hydrogen) atoms. The number of amides is 1. The molecular formula is C25H25FN2O2. The third-order valence-corrected chi connectivity index (χ3v) is 5.27. The van der Waals surface area contributed by atoms with Crippen LogP contribution in [0, 0.1) is 12.7 Å². The van der Waals surface area contributed by atoms with Gasteiger partial charge in [0.2, 0.25) is 0 Å². The number of halogens is 1. The zero-order valence-corrected chi connectivity index (χ0v) is 17.0. The third-order valence-electron chi connectivity index (χ3n) is 5.27. The maximum Gasteiger partial charge on any atom is 0.251 e. The second-order valence-corrected chi connectivity index (χ2v) is 7.68. The molecule has 0 saturated heterocycles. The first kappa shape index (κ1) is 20.1. The Morgan fingerprint density at radius 1 is 1.03 bits per heavy atom. The van der Waals surface area contributed by atoms with Crippen LogP contribution >= 0.6 is 0 Å². The Morgan fingerprint density at radius 3 is 2.53 bits per heavy atom. The Hall–Kier alpha value is -3.18. The number of nitrogens with zero attached hydrogens (tertiary/aromatic N) is 1. The van der Waals surface area contributed by atoms with Crippen molar-refractivity contribution in [2.24, 2.45) is 0 Å². The third kappa shape index (κ3) is 5.05. The summed E-state index contributed by atoms with van der Waals surface area (Å²) in [6.45, 7) is 5.45. The fourth-order valence-electron chi connectivity index (χ4n) is 3.56. The van der Waals surface area contributed by atoms with Gasteiger partial charge in [-0.15, -0.1) is 0 Å². The van der Waals surface area contributed by atoms with E-state index in [1.807, 2.05) is 12.1 Å². The van der Waals surface area contributed by atoms with E-state index in [2.05, 4.69) is 41.4 Å². The zero-order valence-electron chi connectivity index (χ0n) is 17.0. The molecule has 0 saturated carbocycles. The monoisotopic (exact) mass is 404 g/mol. The number of aryl methyl sites for hydroxylation is 1. The summed E-state index contributed by atoms with van der Waals surface area (Å²) in [7, 11) is 0. The first-order valence-corrected chi connectivity index (χ1v) is 10.1. The molecule has 0 unspecified atom stereocenters. The van der Waals surface area contributed by atoms with Crippen LogP contribution in [0.4, 0.5) is 4.39 Å². The molecule has 5 heteroatoms. The maximum atomic E-state index is 13.0. The van der Waals surface area contributed by atoms with Crippen molar-refractivity contribution in [1.29, 1.82) is 0 Å². The summed E-state index contributed by atoms with van der Waals surface area (Å²) in [6, 6.07) is 20.3. The molecule has 1 aliphatic heterocycles. The standard InChI is InChI=1S/C25H25FN2O2/c1-18-2-4-20(5-3-18)16-28-12-13-30-24-11-8-21(14-22(24)17-28)25(29)27-15-19-6-9-23(26)10-7-19/h2-11,14H,12-13,15-17H2,1H3,(H,27,29). The van der Waals surface area contributed by atoms with Gasteiger partial charge in [-0.1, -0.05) is 42.0 Å². The van der Waals surface area contributed by atoms with E-state index < -0.39 is 0 Å². The Labute approximate surface area is 176 Å². The maximum absolute atomic E-state index is 13.0. The van der Waals surface area contributed by atoms with E-state index in [1.165, 1.54) is 23.3 Å². The van der Waals surface area contributed by atoms with Crippen LogP contribution in [0.3, 0.4) is 0 Å². The molecule has 1 heterocycles. The molecule has 3 aromatic rings. The van der Waals surface area contributed by atoms with Crippen molar-refractivity contribution in [2.45, 2.75) is 26.6 Å². The SMILES string of the molecule is Cc1ccc(CN2CCOc3ccc(C(=O)NCc4ccc(F)cc4)cc3C2)cc1. The Balaban J connectivity index is 1.43. The van der Waals surface area contributed by atoms with Gasteiger partial charge in [0.05, 0.1) is 0 Å². The highest BCUT2D eigenvalue weighted by Gasteiger charge is 2.18. The van der Waals surface area contributed by atoms with E-state index in [9.17, 15) is 9.18 Å². The average Bonchev–Trinajstić information content (AvgIpc) is 2.95. The van der Waals surface area contributed by atoms with Gasteiger partial charge < -0.3 is 10.1 Å². The highest BCUT2D eigenvalue weighted by molar-refractivity contribution is 5.94. The topological polar surface area (TPSA) is 41.6 Å². The van der Waals surface area contributed by atoms with Crippen molar-refractivity contribution in [2.75, 3.05) is 13.2 Å². The molecule has 0 spiro atoms. The lowest BCUT2D eigenvalue weighted by Gasteiger charge is -2.19. The second kappa shape index (κ2) is 9.09. The molecule has 4 rings (SSSR count). The van der Waals surface area contributed by atoms with Gasteiger partial charge in [-0.2, -0.15) is 0 Å². The van der Waals surface area contributed by atoms with Gasteiger partial charge in [-0.3, -0.25) is 9.69 Å². The number of fused-ring (bicyclic) bond motifs is 1. The average molecular weight is 404 g/mol. The molecule has 0 atom stereocenters. The van der Waals surface area contributed by atoms with Gasteiger partial charge in [0.15, 0.2) is 0 Å². The molecule has 1 N–H and O–H groups in total. The van der Waals surface area contributed by atoms with Gasteiger partial charge in [0.25, 0.3) is 5.91 Å². The molecule has 4 nitrogen and oxygen atoms in total. The van der Waals surface area contributed by atoms with Gasteiger partial charge in [0, 0.05) is 37.3 Å². The summed E-state index contributed by atoms with van der Waals surface area (Å²) in [5, 5.41) is 2.90. The lowest BCUT2D eigenvalue weighted by Crippen LogP contribution is -2.25. The van der Waals surface area contributed by atoms with Crippen molar-refractivity contribution < 1.29 is 13.9 Å². The first-order valence-electron chi connectivity index (χ1n) is 10.1. The predicted octanol–water partition coefficient (Wildman–Crippen LogP) is 4.46. The van der Waals surface area contributed by atoms with Crippen LogP contribution in [0.5, 0.6) is 5.75 Å². The second-order valence-electron chi connectivity index (χ2n) is 7.68. The minimum absolute atomic E-state index is 0.156. The number of hydrogen-bond acceptors (Lipinski definition) is 3. The molecule has 0 aliphatic carbocycles. The van der Waals surface area contributed by atoms with E-state index in [0.29, 0.717) is 18.7 Å². The van der Waals surface area contributed by atoms with E-state index in [4.69, 9.17) is 4.74 Å². The van der Waals surface area contributed by atoms with Gasteiger partial charge >= 0.3 is 0 Å². The molecule has 0 radical (unpaired) electrons. The van der Waals surface area contributed by atoms with Crippen molar-refractivity contribution in [3.8, 4) is 5.75 Å². The van der Waals surface area contributed by atoms with Crippen LogP contribution in [0.15, 0.2) is 66.7 Å². The van der Waals surface area contributed by atoms with Crippen LogP contribution in [-0.2, 0) is 19.6 Å². The summed E-state index contributed by atoms with van der Waals surface area (Å²) in [6.07, 6.45) is 0. The predicted molar refractivity (Wildman–Crippen MR) is 115 cm³/mol. The number of ether oxygens (including phenoxy) is 1. The summed E-state index contributed by atoms with van der Waals surface area (Å²) in [5.74, 6) is 0.388. The highest BCUT2D eigenvalue weighted by Crippen LogP contribution is 2.25. The van der Waals surface area contributed by atoms with E-state index in [1.54, 1.807) is 18.2 Å². The van der Waals surface area contributed by atoms with Crippen LogP contribution in [0.25, 0.3) is 0 Å². The Kier molecular flexibility index (Phi) is 6.10. The fourth-order valence-corrected chi connectivity index (χ4v) is 3.56. The van der Waals surface area contributed by atoms with E-state index >= 15 is 0 Å². The number of benzene rings is 3. The van der Waals surface area contributed by atoms with Crippen molar-refractivity contribution >= 4 is 5.91 Å². The quantitative estimate of drug-likeness (QED) is 0.683. The normalized spacial score (nSPS) is 13.8. The van der Waals surface area contributed by atoms with Crippen LogP contribution in [0.1, 0.15) is 32.6 Å². The summed E-state index contributed by atoms with van der Waals surface area (Å²) in [5.41, 5.74) is 4.97. The summed E-state index contributed by atoms with van der Waals surface area (Å²) >= 11 is 0. The number of carbonyl (C=O) groups is 1. The molecule has 154 valence electrons. The lowest BCUT2D eigenvalue weighted by atomic mass is 10.1. The van der Waals surface area contributed by atoms with Crippen molar-refractivity contribution in [3.05, 3.63) is 100 Å². The molecule has 1 amide bonds. The molecule has 0 aromatic heterocycles. The molecule has 0 bridgehead atoms. The van der Waals surface area contributed by atoms with Crippen LogP contribution in [0.2, 0.25) is 0 Å². The van der Waals surface area contributed by atoms with E-state index in [0.717, 1.165) is 36.5 Å². The number of nitrogens with one attached hydrogen (secondary N) is 1. The minimum atomic E-state index is -0.286. The van der Waals surface area contributed by atoms with E-state index in [-0.39, 0.29) is 11.7 Å². The van der Waals surface area contributed by atoms with Crippen LogP contribution in [-0.4, -0.2) is 24.0 Å².